The van der Waals surface area contributed by atoms with Gasteiger partial charge in [0.1, 0.15) is 0 Å². The van der Waals surface area contributed by atoms with Crippen LogP contribution in [-0.2, 0) is 19.6 Å². The summed E-state index contributed by atoms with van der Waals surface area (Å²) < 4.78 is 116. The Balaban J connectivity index is 1.56. The fraction of sp³-hybridized carbons (Fsp3) is 0.357. The quantitative estimate of drug-likeness (QED) is 0.0709. The topological polar surface area (TPSA) is 122 Å². The standard InChI is InChI=1S/C42H42F9N3O6/c43-40(44,45)37(58)22-34(55)31-10-1-7-28(19-31)25-52-13-4-15-53(26-29-8-2-11-32(20-29)35(56)23-38(59)41(46,47)48)17-6-18-54(16-5-14-52)27-30-9-3-12-33(21-30)36(57)24-39(60)42(49,50)51/h1-3,7-12,19-24,58-60H,4-6,13-18,25-27H2/b37-22-,38-23-,39-24-. The molecular weight excluding hydrogens is 813 g/mol. The van der Waals surface area contributed by atoms with Gasteiger partial charge in [-0.1, -0.05) is 54.6 Å². The van der Waals surface area contributed by atoms with Crippen molar-refractivity contribution in [2.75, 3.05) is 39.3 Å². The smallest absolute Gasteiger partial charge is 0.448 e. The van der Waals surface area contributed by atoms with E-state index in [0.717, 1.165) is 0 Å². The molecule has 60 heavy (non-hydrogen) atoms. The van der Waals surface area contributed by atoms with Crippen molar-refractivity contribution in [2.45, 2.75) is 57.4 Å². The van der Waals surface area contributed by atoms with E-state index in [1.165, 1.54) is 54.6 Å². The molecule has 0 spiro atoms. The second kappa shape index (κ2) is 20.7. The molecule has 0 aliphatic carbocycles. The first-order valence-electron chi connectivity index (χ1n) is 18.6. The van der Waals surface area contributed by atoms with E-state index in [0.29, 0.717) is 94.9 Å². The fourth-order valence-corrected chi connectivity index (χ4v) is 6.47. The van der Waals surface area contributed by atoms with Crippen LogP contribution in [0, 0.1) is 0 Å². The molecule has 0 saturated carbocycles. The molecule has 1 saturated heterocycles. The Kier molecular flexibility index (Phi) is 16.3. The largest absolute Gasteiger partial charge is 0.504 e. The molecule has 0 radical (unpaired) electrons. The molecule has 3 aromatic carbocycles. The molecule has 3 aromatic rings. The van der Waals surface area contributed by atoms with Gasteiger partial charge in [0.15, 0.2) is 17.3 Å². The number of hydrogen-bond acceptors (Lipinski definition) is 9. The molecule has 0 unspecified atom stereocenters. The number of carbonyl (C=O) groups is 3. The number of aliphatic hydroxyl groups excluding tert-OH is 3. The van der Waals surface area contributed by atoms with Gasteiger partial charge in [0.25, 0.3) is 0 Å². The lowest BCUT2D eigenvalue weighted by atomic mass is 10.1. The summed E-state index contributed by atoms with van der Waals surface area (Å²) in [6.45, 7) is 4.00. The van der Waals surface area contributed by atoms with Crippen LogP contribution in [0.1, 0.15) is 67.0 Å². The third-order valence-electron chi connectivity index (χ3n) is 9.37. The molecule has 4 rings (SSSR count). The van der Waals surface area contributed by atoms with Gasteiger partial charge in [0, 0.05) is 54.6 Å². The molecule has 0 amide bonds. The first kappa shape index (κ1) is 47.2. The van der Waals surface area contributed by atoms with E-state index >= 15 is 0 Å². The van der Waals surface area contributed by atoms with Gasteiger partial charge in [0.2, 0.25) is 17.3 Å². The van der Waals surface area contributed by atoms with Crippen molar-refractivity contribution in [3.8, 4) is 0 Å². The summed E-state index contributed by atoms with van der Waals surface area (Å²) in [5.74, 6) is -9.19. The summed E-state index contributed by atoms with van der Waals surface area (Å²) >= 11 is 0. The average molecular weight is 856 g/mol. The summed E-state index contributed by atoms with van der Waals surface area (Å²) in [6, 6.07) is 17.9. The molecule has 0 aromatic heterocycles. The lowest BCUT2D eigenvalue weighted by molar-refractivity contribution is -0.121. The third kappa shape index (κ3) is 15.0. The van der Waals surface area contributed by atoms with Gasteiger partial charge < -0.3 is 15.3 Å². The molecule has 0 bridgehead atoms. The van der Waals surface area contributed by atoms with Gasteiger partial charge in [-0.25, -0.2) is 0 Å². The van der Waals surface area contributed by atoms with Crippen LogP contribution in [0.4, 0.5) is 39.5 Å². The number of nitrogens with zero attached hydrogens (tertiary/aromatic N) is 3. The summed E-state index contributed by atoms with van der Waals surface area (Å²) in [7, 11) is 0. The predicted molar refractivity (Wildman–Crippen MR) is 202 cm³/mol. The van der Waals surface area contributed by atoms with Crippen molar-refractivity contribution in [1.29, 1.82) is 0 Å². The number of hydrogen-bond donors (Lipinski definition) is 3. The van der Waals surface area contributed by atoms with Gasteiger partial charge in [0.05, 0.1) is 0 Å². The number of allylic oxidation sites excluding steroid dienone is 6. The van der Waals surface area contributed by atoms with Crippen molar-refractivity contribution < 1.29 is 69.2 Å². The zero-order chi connectivity index (χ0) is 44.3. The normalized spacial score (nSPS) is 16.9. The Morgan fingerprint density at radius 1 is 0.450 bits per heavy atom. The van der Waals surface area contributed by atoms with E-state index in [-0.39, 0.29) is 34.9 Å². The SMILES string of the molecule is O=C(/C=C(\O)C(F)(F)F)c1cccc(CN2CCCN(Cc3cccc(C(=O)/C=C(\O)C(F)(F)F)c3)CCCN(Cc3cccc(C(=O)/C=C(\O)C(F)(F)F)c3)CCC2)c1. The van der Waals surface area contributed by atoms with Crippen molar-refractivity contribution in [1.82, 2.24) is 14.7 Å². The van der Waals surface area contributed by atoms with E-state index in [2.05, 4.69) is 14.7 Å². The minimum absolute atomic E-state index is 0.0651. The maximum atomic E-state index is 12.9. The second-order valence-corrected chi connectivity index (χ2v) is 14.2. The molecule has 1 aliphatic heterocycles. The van der Waals surface area contributed by atoms with Crippen LogP contribution in [-0.4, -0.2) is 105 Å². The predicted octanol–water partition coefficient (Wildman–Crippen LogP) is 9.24. The Morgan fingerprint density at radius 2 is 0.683 bits per heavy atom. The van der Waals surface area contributed by atoms with Crippen LogP contribution in [0.15, 0.2) is 108 Å². The fourth-order valence-electron chi connectivity index (χ4n) is 6.47. The molecule has 1 aliphatic rings. The highest BCUT2D eigenvalue weighted by Crippen LogP contribution is 2.26. The highest BCUT2D eigenvalue weighted by molar-refractivity contribution is 6.06. The molecule has 18 heteroatoms. The average Bonchev–Trinajstić information content (AvgIpc) is 3.16. The third-order valence-corrected chi connectivity index (χ3v) is 9.37. The second-order valence-electron chi connectivity index (χ2n) is 14.2. The van der Waals surface area contributed by atoms with E-state index in [1.54, 1.807) is 18.2 Å². The lowest BCUT2D eigenvalue weighted by Crippen LogP contribution is -2.36. The summed E-state index contributed by atoms with van der Waals surface area (Å²) in [6.07, 6.45) is -13.1. The minimum atomic E-state index is -5.09. The highest BCUT2D eigenvalue weighted by Gasteiger charge is 2.36. The Morgan fingerprint density at radius 3 is 0.900 bits per heavy atom. The van der Waals surface area contributed by atoms with Crippen LogP contribution in [0.25, 0.3) is 0 Å². The van der Waals surface area contributed by atoms with Crippen LogP contribution in [0.5, 0.6) is 0 Å². The first-order valence-corrected chi connectivity index (χ1v) is 18.6. The van der Waals surface area contributed by atoms with Gasteiger partial charge in [-0.05, 0) is 93.4 Å². The maximum Gasteiger partial charge on any atom is 0.448 e. The van der Waals surface area contributed by atoms with Crippen LogP contribution < -0.4 is 0 Å². The number of halogens is 9. The Labute approximate surface area is 339 Å². The van der Waals surface area contributed by atoms with Crippen LogP contribution >= 0.6 is 0 Å². The zero-order valence-corrected chi connectivity index (χ0v) is 32.0. The number of carbonyl (C=O) groups excluding carboxylic acids is 3. The number of ketones is 3. The van der Waals surface area contributed by atoms with E-state index in [4.69, 9.17) is 0 Å². The van der Waals surface area contributed by atoms with Crippen molar-refractivity contribution in [3.63, 3.8) is 0 Å². The Hall–Kier alpha value is -5.46. The van der Waals surface area contributed by atoms with E-state index in [1.807, 2.05) is 0 Å². The summed E-state index contributed by atoms with van der Waals surface area (Å²) in [5, 5.41) is 27.9. The van der Waals surface area contributed by atoms with Crippen molar-refractivity contribution in [2.24, 2.45) is 0 Å². The highest BCUT2D eigenvalue weighted by atomic mass is 19.4. The van der Waals surface area contributed by atoms with Gasteiger partial charge in [-0.3, -0.25) is 29.1 Å². The molecular formula is C42H42F9N3O6. The van der Waals surface area contributed by atoms with Crippen molar-refractivity contribution in [3.05, 3.63) is 142 Å². The molecule has 0 atom stereocenters. The van der Waals surface area contributed by atoms with E-state index < -0.39 is 53.2 Å². The Bertz CT molecular complexity index is 1830. The number of alkyl halides is 9. The summed E-state index contributed by atoms with van der Waals surface area (Å²) in [4.78, 5) is 43.9. The van der Waals surface area contributed by atoms with Crippen molar-refractivity contribution >= 4 is 17.3 Å². The lowest BCUT2D eigenvalue weighted by Gasteiger charge is -2.30. The first-order chi connectivity index (χ1) is 28.1. The number of benzene rings is 3. The maximum absolute atomic E-state index is 12.9. The molecule has 3 N–H and O–H groups in total. The van der Waals surface area contributed by atoms with Crippen LogP contribution in [0.3, 0.4) is 0 Å². The molecule has 9 nitrogen and oxygen atoms in total. The van der Waals surface area contributed by atoms with Crippen LogP contribution in [0.2, 0.25) is 0 Å². The minimum Gasteiger partial charge on any atom is -0.504 e. The zero-order valence-electron chi connectivity index (χ0n) is 32.0. The molecule has 324 valence electrons. The number of aliphatic hydroxyl groups is 3. The summed E-state index contributed by atoms with van der Waals surface area (Å²) in [5.41, 5.74) is 1.64. The number of rotatable bonds is 12. The van der Waals surface area contributed by atoms with Gasteiger partial charge in [-0.15, -0.1) is 0 Å². The van der Waals surface area contributed by atoms with Gasteiger partial charge >= 0.3 is 18.5 Å². The van der Waals surface area contributed by atoms with Gasteiger partial charge in [-0.2, -0.15) is 39.5 Å². The molecule has 1 fully saturated rings. The molecule has 1 heterocycles. The van der Waals surface area contributed by atoms with E-state index in [9.17, 15) is 69.2 Å². The monoisotopic (exact) mass is 855 g/mol.